The van der Waals surface area contributed by atoms with Crippen molar-refractivity contribution in [1.82, 2.24) is 18.7 Å². The highest BCUT2D eigenvalue weighted by molar-refractivity contribution is 7.89. The number of sulfonamides is 1. The largest absolute Gasteiger partial charge is 0.486 e. The molecule has 0 bridgehead atoms. The number of fused-ring (bicyclic) bond motifs is 2. The van der Waals surface area contributed by atoms with Crippen LogP contribution in [0.5, 0.6) is 11.5 Å². The molecule has 0 unspecified atom stereocenters. The van der Waals surface area contributed by atoms with Crippen molar-refractivity contribution in [2.24, 2.45) is 0 Å². The maximum Gasteiger partial charge on any atom is 0.346 e. The van der Waals surface area contributed by atoms with Gasteiger partial charge in [0.05, 0.1) is 11.0 Å². The van der Waals surface area contributed by atoms with Crippen LogP contribution < -0.4 is 15.2 Å². The normalized spacial score (nSPS) is 17.0. The quantitative estimate of drug-likeness (QED) is 0.697. The SMILES string of the molecule is N#CCn1nc2n(c1=O)CCN(S(=O)(=O)c1ccc3c(c1)OCCO3)CC2. The van der Waals surface area contributed by atoms with Crippen molar-refractivity contribution in [3.63, 3.8) is 0 Å². The number of nitriles is 1. The predicted octanol–water partition coefficient (Wildman–Crippen LogP) is -0.413. The van der Waals surface area contributed by atoms with Crippen LogP contribution in [0.15, 0.2) is 27.9 Å². The van der Waals surface area contributed by atoms with E-state index in [0.29, 0.717) is 30.5 Å². The summed E-state index contributed by atoms with van der Waals surface area (Å²) in [5.41, 5.74) is -0.398. The van der Waals surface area contributed by atoms with Crippen molar-refractivity contribution < 1.29 is 17.9 Å². The molecule has 11 heteroatoms. The fourth-order valence-corrected chi connectivity index (χ4v) is 4.63. The fraction of sp³-hybridized carbons (Fsp3) is 0.438. The van der Waals surface area contributed by atoms with E-state index in [1.54, 1.807) is 6.07 Å². The molecule has 0 atom stereocenters. The molecule has 2 aromatic rings. The van der Waals surface area contributed by atoms with Crippen LogP contribution in [-0.2, 0) is 29.5 Å². The number of rotatable bonds is 3. The van der Waals surface area contributed by atoms with Gasteiger partial charge in [-0.25, -0.2) is 13.2 Å². The van der Waals surface area contributed by atoms with Crippen molar-refractivity contribution >= 4 is 10.0 Å². The third-order valence-electron chi connectivity index (χ3n) is 4.53. The summed E-state index contributed by atoms with van der Waals surface area (Å²) in [6.07, 6.45) is 0.289. The minimum Gasteiger partial charge on any atom is -0.486 e. The first kappa shape index (κ1) is 17.6. The predicted molar refractivity (Wildman–Crippen MR) is 92.0 cm³/mol. The lowest BCUT2D eigenvalue weighted by atomic mass is 10.3. The Bertz CT molecular complexity index is 1080. The molecule has 142 valence electrons. The average Bonchev–Trinajstić information content (AvgIpc) is 2.84. The Kier molecular flexibility index (Phi) is 4.37. The summed E-state index contributed by atoms with van der Waals surface area (Å²) >= 11 is 0. The van der Waals surface area contributed by atoms with E-state index in [2.05, 4.69) is 5.10 Å². The fourth-order valence-electron chi connectivity index (χ4n) is 3.19. The minimum absolute atomic E-state index is 0.119. The summed E-state index contributed by atoms with van der Waals surface area (Å²) in [6.45, 7) is 1.19. The third kappa shape index (κ3) is 3.07. The van der Waals surface area contributed by atoms with Gasteiger partial charge in [0.25, 0.3) is 0 Å². The molecule has 4 rings (SSSR count). The molecule has 3 heterocycles. The number of hydrogen-bond acceptors (Lipinski definition) is 7. The topological polar surface area (TPSA) is 119 Å². The Balaban J connectivity index is 1.59. The summed E-state index contributed by atoms with van der Waals surface area (Å²) in [6, 6.07) is 6.43. The molecule has 10 nitrogen and oxygen atoms in total. The summed E-state index contributed by atoms with van der Waals surface area (Å²) in [5, 5.41) is 12.9. The first-order valence-electron chi connectivity index (χ1n) is 8.44. The molecule has 0 fully saturated rings. The van der Waals surface area contributed by atoms with E-state index in [1.165, 1.54) is 21.0 Å². The van der Waals surface area contributed by atoms with E-state index in [4.69, 9.17) is 14.7 Å². The molecule has 0 radical (unpaired) electrons. The Morgan fingerprint density at radius 1 is 1.15 bits per heavy atom. The minimum atomic E-state index is -3.75. The van der Waals surface area contributed by atoms with E-state index in [1.807, 2.05) is 6.07 Å². The molecule has 0 saturated heterocycles. The Morgan fingerprint density at radius 3 is 2.70 bits per heavy atom. The van der Waals surface area contributed by atoms with Gasteiger partial charge in [0.1, 0.15) is 25.6 Å². The summed E-state index contributed by atoms with van der Waals surface area (Å²) < 4.78 is 40.8. The van der Waals surface area contributed by atoms with Crippen molar-refractivity contribution in [1.29, 1.82) is 5.26 Å². The highest BCUT2D eigenvalue weighted by Crippen LogP contribution is 2.33. The van der Waals surface area contributed by atoms with E-state index >= 15 is 0 Å². The Hall–Kier alpha value is -2.84. The van der Waals surface area contributed by atoms with Crippen LogP contribution in [0.25, 0.3) is 0 Å². The van der Waals surface area contributed by atoms with Crippen LogP contribution >= 0.6 is 0 Å². The van der Waals surface area contributed by atoms with Gasteiger partial charge in [-0.1, -0.05) is 0 Å². The van der Waals surface area contributed by atoms with E-state index in [9.17, 15) is 13.2 Å². The molecule has 2 aliphatic rings. The van der Waals surface area contributed by atoms with Crippen LogP contribution in [-0.4, -0.2) is 53.4 Å². The molecule has 0 spiro atoms. The molecule has 0 N–H and O–H groups in total. The maximum absolute atomic E-state index is 13.0. The lowest BCUT2D eigenvalue weighted by molar-refractivity contribution is 0.171. The van der Waals surface area contributed by atoms with Gasteiger partial charge in [-0.3, -0.25) is 4.57 Å². The van der Waals surface area contributed by atoms with Gasteiger partial charge in [-0.2, -0.15) is 19.3 Å². The standard InChI is InChI=1S/C16H17N5O5S/c17-4-6-21-16(22)20-8-7-19(5-3-15(20)18-21)27(23,24)12-1-2-13-14(11-12)26-10-9-25-13/h1-2,11H,3,5-10H2. The van der Waals surface area contributed by atoms with Crippen LogP contribution in [0.1, 0.15) is 5.82 Å². The van der Waals surface area contributed by atoms with E-state index in [-0.39, 0.29) is 37.5 Å². The highest BCUT2D eigenvalue weighted by Gasteiger charge is 2.29. The molecule has 2 aliphatic heterocycles. The first-order valence-corrected chi connectivity index (χ1v) is 9.88. The van der Waals surface area contributed by atoms with Gasteiger partial charge >= 0.3 is 5.69 Å². The van der Waals surface area contributed by atoms with Crippen molar-refractivity contribution in [3.8, 4) is 17.6 Å². The Morgan fingerprint density at radius 2 is 1.93 bits per heavy atom. The molecular formula is C16H17N5O5S. The molecular weight excluding hydrogens is 374 g/mol. The zero-order valence-electron chi connectivity index (χ0n) is 14.4. The van der Waals surface area contributed by atoms with Gasteiger partial charge in [0.15, 0.2) is 11.5 Å². The molecule has 0 amide bonds. The van der Waals surface area contributed by atoms with Gasteiger partial charge in [0, 0.05) is 32.1 Å². The van der Waals surface area contributed by atoms with Crippen molar-refractivity contribution in [3.05, 3.63) is 34.5 Å². The van der Waals surface area contributed by atoms with E-state index in [0.717, 1.165) is 4.68 Å². The molecule has 27 heavy (non-hydrogen) atoms. The van der Waals surface area contributed by atoms with Gasteiger partial charge in [-0.15, -0.1) is 0 Å². The van der Waals surface area contributed by atoms with Crippen LogP contribution in [0.3, 0.4) is 0 Å². The molecule has 0 aliphatic carbocycles. The maximum atomic E-state index is 13.0. The highest BCUT2D eigenvalue weighted by atomic mass is 32.2. The lowest BCUT2D eigenvalue weighted by Gasteiger charge is -2.22. The third-order valence-corrected chi connectivity index (χ3v) is 6.42. The second kappa shape index (κ2) is 6.71. The number of ether oxygens (including phenoxy) is 2. The lowest BCUT2D eigenvalue weighted by Crippen LogP contribution is -2.35. The van der Waals surface area contributed by atoms with Crippen LogP contribution in [0, 0.1) is 11.3 Å². The summed E-state index contributed by atoms with van der Waals surface area (Å²) in [7, 11) is -3.75. The number of aromatic nitrogens is 3. The molecule has 1 aromatic heterocycles. The zero-order valence-corrected chi connectivity index (χ0v) is 15.2. The van der Waals surface area contributed by atoms with Crippen LogP contribution in [0.2, 0.25) is 0 Å². The second-order valence-corrected chi connectivity index (χ2v) is 8.06. The van der Waals surface area contributed by atoms with Crippen molar-refractivity contribution in [2.75, 3.05) is 26.3 Å². The van der Waals surface area contributed by atoms with E-state index < -0.39 is 15.7 Å². The summed E-state index contributed by atoms with van der Waals surface area (Å²) in [4.78, 5) is 12.4. The summed E-state index contributed by atoms with van der Waals surface area (Å²) in [5.74, 6) is 1.41. The number of benzene rings is 1. The van der Waals surface area contributed by atoms with Gasteiger partial charge in [-0.05, 0) is 12.1 Å². The number of nitrogens with zero attached hydrogens (tertiary/aromatic N) is 5. The average molecular weight is 391 g/mol. The first-order chi connectivity index (χ1) is 13.0. The Labute approximate surface area is 155 Å². The molecule has 1 aromatic carbocycles. The van der Waals surface area contributed by atoms with Crippen molar-refractivity contribution in [2.45, 2.75) is 24.4 Å². The zero-order chi connectivity index (χ0) is 19.0. The molecule has 0 saturated carbocycles. The van der Waals surface area contributed by atoms with Gasteiger partial charge < -0.3 is 9.47 Å². The smallest absolute Gasteiger partial charge is 0.346 e. The van der Waals surface area contributed by atoms with Gasteiger partial charge in [0.2, 0.25) is 10.0 Å². The second-order valence-electron chi connectivity index (χ2n) is 6.13. The number of hydrogen-bond donors (Lipinski definition) is 0. The monoisotopic (exact) mass is 391 g/mol. The van der Waals surface area contributed by atoms with Crippen LogP contribution in [0.4, 0.5) is 0 Å².